The van der Waals surface area contributed by atoms with Gasteiger partial charge in [0.2, 0.25) is 5.91 Å². The van der Waals surface area contributed by atoms with Crippen molar-refractivity contribution in [2.75, 3.05) is 5.73 Å². The minimum absolute atomic E-state index is 0.0162. The van der Waals surface area contributed by atoms with E-state index in [-0.39, 0.29) is 18.4 Å². The van der Waals surface area contributed by atoms with E-state index in [1.54, 1.807) is 18.3 Å². The zero-order chi connectivity index (χ0) is 14.5. The van der Waals surface area contributed by atoms with Crippen LogP contribution in [0.1, 0.15) is 29.8 Å². The number of nitrogens with zero attached hydrogens (tertiary/aromatic N) is 1. The van der Waals surface area contributed by atoms with Gasteiger partial charge in [-0.1, -0.05) is 24.3 Å². The molecule has 20 heavy (non-hydrogen) atoms. The molecule has 1 atom stereocenters. The van der Waals surface area contributed by atoms with E-state index in [1.807, 2.05) is 38.1 Å². The van der Waals surface area contributed by atoms with E-state index in [1.165, 1.54) is 5.56 Å². The van der Waals surface area contributed by atoms with Crippen LogP contribution >= 0.6 is 0 Å². The molecule has 4 nitrogen and oxygen atoms in total. The zero-order valence-electron chi connectivity index (χ0n) is 11.8. The summed E-state index contributed by atoms with van der Waals surface area (Å²) in [6.45, 7) is 4.02. The van der Waals surface area contributed by atoms with Gasteiger partial charge in [-0.25, -0.2) is 0 Å². The number of aromatic nitrogens is 1. The lowest BCUT2D eigenvalue weighted by Crippen LogP contribution is -2.28. The number of nitrogens with one attached hydrogen (secondary N) is 1. The number of nitrogen functional groups attached to an aromatic ring is 1. The molecule has 1 aromatic heterocycles. The predicted octanol–water partition coefficient (Wildman–Crippen LogP) is 2.39. The van der Waals surface area contributed by atoms with Gasteiger partial charge in [0.15, 0.2) is 0 Å². The first-order valence-electron chi connectivity index (χ1n) is 6.61. The maximum atomic E-state index is 12.0. The van der Waals surface area contributed by atoms with Crippen LogP contribution in [-0.2, 0) is 11.2 Å². The van der Waals surface area contributed by atoms with Crippen LogP contribution in [0.2, 0.25) is 0 Å². The number of hydrogen-bond acceptors (Lipinski definition) is 3. The molecule has 1 heterocycles. The lowest BCUT2D eigenvalue weighted by atomic mass is 10.0. The molecule has 4 heteroatoms. The van der Waals surface area contributed by atoms with Crippen molar-refractivity contribution in [2.24, 2.45) is 0 Å². The number of benzene rings is 1. The van der Waals surface area contributed by atoms with E-state index in [4.69, 9.17) is 5.73 Å². The molecule has 2 aromatic rings. The van der Waals surface area contributed by atoms with Crippen molar-refractivity contribution in [1.29, 1.82) is 0 Å². The first-order chi connectivity index (χ1) is 9.56. The fourth-order valence-electron chi connectivity index (χ4n) is 2.15. The largest absolute Gasteiger partial charge is 0.397 e. The molecule has 0 aliphatic rings. The lowest BCUT2D eigenvalue weighted by molar-refractivity contribution is -0.121. The smallest absolute Gasteiger partial charge is 0.226 e. The fourth-order valence-corrected chi connectivity index (χ4v) is 2.15. The van der Waals surface area contributed by atoms with E-state index >= 15 is 0 Å². The average molecular weight is 269 g/mol. The Bertz CT molecular complexity index is 593. The number of anilines is 1. The van der Waals surface area contributed by atoms with Gasteiger partial charge in [0, 0.05) is 5.69 Å². The summed E-state index contributed by atoms with van der Waals surface area (Å²) in [6.07, 6.45) is 1.82. The molecule has 104 valence electrons. The summed E-state index contributed by atoms with van der Waals surface area (Å²) < 4.78 is 0. The minimum Gasteiger partial charge on any atom is -0.397 e. The molecule has 3 N–H and O–H groups in total. The van der Waals surface area contributed by atoms with Gasteiger partial charge >= 0.3 is 0 Å². The number of aryl methyl sites for hydroxylation is 1. The van der Waals surface area contributed by atoms with Crippen LogP contribution in [-0.4, -0.2) is 10.9 Å². The van der Waals surface area contributed by atoms with Gasteiger partial charge in [0.1, 0.15) is 0 Å². The van der Waals surface area contributed by atoms with Gasteiger partial charge in [-0.15, -0.1) is 0 Å². The first-order valence-corrected chi connectivity index (χ1v) is 6.61. The average Bonchev–Trinajstić information content (AvgIpc) is 2.41. The molecule has 0 spiro atoms. The van der Waals surface area contributed by atoms with Crippen molar-refractivity contribution in [3.05, 3.63) is 59.4 Å². The third kappa shape index (κ3) is 3.57. The van der Waals surface area contributed by atoms with Gasteiger partial charge in [-0.05, 0) is 37.1 Å². The number of carbonyl (C=O) groups is 1. The summed E-state index contributed by atoms with van der Waals surface area (Å²) in [4.78, 5) is 16.1. The molecule has 1 amide bonds. The molecule has 1 aromatic carbocycles. The lowest BCUT2D eigenvalue weighted by Gasteiger charge is -2.16. The normalized spacial score (nSPS) is 11.9. The number of pyridine rings is 1. The second kappa shape index (κ2) is 6.19. The molecule has 2 rings (SSSR count). The standard InChI is InChI=1S/C16H19N3O/c1-11-5-3-4-6-15(11)12(2)19-16(20)9-14-8-7-13(17)10-18-14/h3-8,10,12H,9,17H2,1-2H3,(H,19,20). The minimum atomic E-state index is -0.0435. The number of carbonyl (C=O) groups excluding carboxylic acids is 1. The molecular weight excluding hydrogens is 250 g/mol. The Morgan fingerprint density at radius 3 is 2.70 bits per heavy atom. The highest BCUT2D eigenvalue weighted by Crippen LogP contribution is 2.16. The Hall–Kier alpha value is -2.36. The first kappa shape index (κ1) is 14.1. The highest BCUT2D eigenvalue weighted by atomic mass is 16.1. The van der Waals surface area contributed by atoms with E-state index in [0.717, 1.165) is 5.56 Å². The van der Waals surface area contributed by atoms with Crippen LogP contribution in [0.4, 0.5) is 5.69 Å². The monoisotopic (exact) mass is 269 g/mol. The Kier molecular flexibility index (Phi) is 4.35. The van der Waals surface area contributed by atoms with Crippen LogP contribution < -0.4 is 11.1 Å². The van der Waals surface area contributed by atoms with Crippen molar-refractivity contribution < 1.29 is 4.79 Å². The maximum Gasteiger partial charge on any atom is 0.226 e. The van der Waals surface area contributed by atoms with Gasteiger partial charge in [0.25, 0.3) is 0 Å². The fraction of sp³-hybridized carbons (Fsp3) is 0.250. The summed E-state index contributed by atoms with van der Waals surface area (Å²) in [7, 11) is 0. The van der Waals surface area contributed by atoms with Crippen molar-refractivity contribution in [2.45, 2.75) is 26.3 Å². The van der Waals surface area contributed by atoms with Crippen molar-refractivity contribution in [1.82, 2.24) is 10.3 Å². The van der Waals surface area contributed by atoms with Gasteiger partial charge in [-0.2, -0.15) is 0 Å². The summed E-state index contributed by atoms with van der Waals surface area (Å²) in [5.74, 6) is -0.0435. The summed E-state index contributed by atoms with van der Waals surface area (Å²) >= 11 is 0. The number of hydrogen-bond donors (Lipinski definition) is 2. The topological polar surface area (TPSA) is 68.0 Å². The highest BCUT2D eigenvalue weighted by Gasteiger charge is 2.12. The molecule has 0 aliphatic carbocycles. The summed E-state index contributed by atoms with van der Waals surface area (Å²) in [6, 6.07) is 11.5. The Morgan fingerprint density at radius 1 is 1.30 bits per heavy atom. The van der Waals surface area contributed by atoms with Crippen LogP contribution in [0, 0.1) is 6.92 Å². The van der Waals surface area contributed by atoms with Crippen LogP contribution in [0.25, 0.3) is 0 Å². The molecule has 0 bridgehead atoms. The van der Waals surface area contributed by atoms with E-state index in [0.29, 0.717) is 11.4 Å². The van der Waals surface area contributed by atoms with E-state index in [2.05, 4.69) is 10.3 Å². The third-order valence-electron chi connectivity index (χ3n) is 3.22. The van der Waals surface area contributed by atoms with Gasteiger partial charge in [0.05, 0.1) is 24.3 Å². The van der Waals surface area contributed by atoms with Crippen molar-refractivity contribution in [3.8, 4) is 0 Å². The molecule has 0 saturated heterocycles. The number of rotatable bonds is 4. The van der Waals surface area contributed by atoms with E-state index in [9.17, 15) is 4.79 Å². The molecule has 0 saturated carbocycles. The van der Waals surface area contributed by atoms with Gasteiger partial charge in [-0.3, -0.25) is 9.78 Å². The second-order valence-electron chi connectivity index (χ2n) is 4.91. The quantitative estimate of drug-likeness (QED) is 0.895. The van der Waals surface area contributed by atoms with Crippen LogP contribution in [0.15, 0.2) is 42.6 Å². The number of nitrogens with two attached hydrogens (primary N) is 1. The highest BCUT2D eigenvalue weighted by molar-refractivity contribution is 5.78. The zero-order valence-corrected chi connectivity index (χ0v) is 11.8. The van der Waals surface area contributed by atoms with Crippen LogP contribution in [0.5, 0.6) is 0 Å². The van der Waals surface area contributed by atoms with E-state index < -0.39 is 0 Å². The van der Waals surface area contributed by atoms with Gasteiger partial charge < -0.3 is 11.1 Å². The second-order valence-corrected chi connectivity index (χ2v) is 4.91. The predicted molar refractivity (Wildman–Crippen MR) is 80.1 cm³/mol. The Labute approximate surface area is 119 Å². The third-order valence-corrected chi connectivity index (χ3v) is 3.22. The Morgan fingerprint density at radius 2 is 2.05 bits per heavy atom. The van der Waals surface area contributed by atoms with Crippen molar-refractivity contribution >= 4 is 11.6 Å². The maximum absolute atomic E-state index is 12.0. The molecule has 1 unspecified atom stereocenters. The molecule has 0 fully saturated rings. The Balaban J connectivity index is 1.98. The molecule has 0 radical (unpaired) electrons. The van der Waals surface area contributed by atoms with Crippen LogP contribution in [0.3, 0.4) is 0 Å². The number of amides is 1. The van der Waals surface area contributed by atoms with Crippen molar-refractivity contribution in [3.63, 3.8) is 0 Å². The molecular formula is C16H19N3O. The molecule has 0 aliphatic heterocycles. The summed E-state index contributed by atoms with van der Waals surface area (Å²) in [5.41, 5.74) is 9.19. The summed E-state index contributed by atoms with van der Waals surface area (Å²) in [5, 5.41) is 2.99. The SMILES string of the molecule is Cc1ccccc1C(C)NC(=O)Cc1ccc(N)cn1.